The first-order chi connectivity index (χ1) is 17.6. The lowest BCUT2D eigenvalue weighted by Crippen LogP contribution is -2.61. The number of esters is 1. The number of hydrogen-bond acceptors (Lipinski definition) is 11. The SMILES string of the molecule is C=C1[C@H]2[C@H](O[C@H]3O[C@@H](CO)[C@H](O)[C@@H](O)[C@@H]3OC(=O)/C=C\c3ccc(O)cc3)OC=C(C(=O)O)[C@H]2C[C@H]1O. The summed E-state index contributed by atoms with van der Waals surface area (Å²) in [6.07, 6.45) is -6.44. The first-order valence-corrected chi connectivity index (χ1v) is 11.5. The number of aliphatic hydroxyl groups excluding tert-OH is 4. The third-order valence-corrected chi connectivity index (χ3v) is 6.69. The molecule has 3 aliphatic rings. The third-order valence-electron chi connectivity index (χ3n) is 6.69. The summed E-state index contributed by atoms with van der Waals surface area (Å²) in [5.74, 6) is -3.57. The maximum Gasteiger partial charge on any atom is 0.334 e. The van der Waals surface area contributed by atoms with E-state index >= 15 is 0 Å². The Balaban J connectivity index is 1.54. The third kappa shape index (κ3) is 5.54. The Hall–Kier alpha value is -3.26. The second-order valence-corrected chi connectivity index (χ2v) is 9.01. The Morgan fingerprint density at radius 3 is 2.46 bits per heavy atom. The maximum atomic E-state index is 12.5. The lowest BCUT2D eigenvalue weighted by atomic mass is 9.85. The van der Waals surface area contributed by atoms with Crippen molar-refractivity contribution in [3.63, 3.8) is 0 Å². The highest BCUT2D eigenvalue weighted by Gasteiger charge is 2.53. The molecule has 200 valence electrons. The summed E-state index contributed by atoms with van der Waals surface area (Å²) < 4.78 is 22.3. The molecular formula is C25H28O12. The van der Waals surface area contributed by atoms with E-state index in [1.165, 1.54) is 18.2 Å². The number of phenols is 1. The molecule has 12 heteroatoms. The smallest absolute Gasteiger partial charge is 0.334 e. The molecule has 0 radical (unpaired) electrons. The average Bonchev–Trinajstić information content (AvgIpc) is 3.17. The first-order valence-electron chi connectivity index (χ1n) is 11.5. The van der Waals surface area contributed by atoms with Crippen LogP contribution in [-0.2, 0) is 28.5 Å². The summed E-state index contributed by atoms with van der Waals surface area (Å²) in [7, 11) is 0. The van der Waals surface area contributed by atoms with Crippen molar-refractivity contribution in [1.82, 2.24) is 0 Å². The number of aliphatic carboxylic acids is 1. The average molecular weight is 520 g/mol. The molecule has 1 saturated carbocycles. The molecule has 1 aromatic rings. The van der Waals surface area contributed by atoms with Crippen LogP contribution in [0.25, 0.3) is 6.08 Å². The largest absolute Gasteiger partial charge is 0.508 e. The van der Waals surface area contributed by atoms with Crippen molar-refractivity contribution in [2.24, 2.45) is 11.8 Å². The lowest BCUT2D eigenvalue weighted by Gasteiger charge is -2.43. The fourth-order valence-corrected chi connectivity index (χ4v) is 4.69. The Kier molecular flexibility index (Phi) is 7.97. The van der Waals surface area contributed by atoms with Crippen LogP contribution in [-0.4, -0.2) is 92.3 Å². The van der Waals surface area contributed by atoms with Gasteiger partial charge >= 0.3 is 11.9 Å². The van der Waals surface area contributed by atoms with E-state index in [-0.39, 0.29) is 23.3 Å². The molecule has 0 spiro atoms. The van der Waals surface area contributed by atoms with Crippen molar-refractivity contribution >= 4 is 18.0 Å². The number of carbonyl (C=O) groups is 2. The fourth-order valence-electron chi connectivity index (χ4n) is 4.69. The van der Waals surface area contributed by atoms with Gasteiger partial charge in [-0.3, -0.25) is 0 Å². The van der Waals surface area contributed by atoms with Crippen molar-refractivity contribution in [2.45, 2.75) is 49.5 Å². The molecule has 1 aromatic carbocycles. The molecular weight excluding hydrogens is 492 g/mol. The summed E-state index contributed by atoms with van der Waals surface area (Å²) in [6.45, 7) is 3.14. The zero-order chi connectivity index (χ0) is 26.9. The molecule has 6 N–H and O–H groups in total. The number of phenolic OH excluding ortho intramolecular Hbond substituents is 1. The van der Waals surface area contributed by atoms with Gasteiger partial charge in [-0.1, -0.05) is 18.7 Å². The standard InChI is InChI=1S/C25H28O12/c1-11-16(28)8-14-15(23(32)33)10-34-24(19(11)14)37-25-22(21(31)20(30)17(9-26)35-25)36-18(29)7-4-12-2-5-13(27)6-3-12/h2-7,10,14,16-17,19-22,24-28,30-31H,1,8-9H2,(H,32,33)/b7-4-/t14-,16-,17+,19-,20+,21-,22+,24+,25-/m1/s1. The topological polar surface area (TPSA) is 192 Å². The van der Waals surface area contributed by atoms with Gasteiger partial charge in [0.15, 0.2) is 6.10 Å². The Morgan fingerprint density at radius 1 is 1.11 bits per heavy atom. The summed E-state index contributed by atoms with van der Waals surface area (Å²) in [6, 6.07) is 5.96. The minimum atomic E-state index is -1.72. The minimum Gasteiger partial charge on any atom is -0.508 e. The summed E-state index contributed by atoms with van der Waals surface area (Å²) in [5.41, 5.74) is 0.782. The van der Waals surface area contributed by atoms with Gasteiger partial charge in [-0.15, -0.1) is 0 Å². The molecule has 2 heterocycles. The van der Waals surface area contributed by atoms with Gasteiger partial charge in [0, 0.05) is 12.0 Å². The highest BCUT2D eigenvalue weighted by molar-refractivity contribution is 5.88. The number of aliphatic hydroxyl groups is 4. The van der Waals surface area contributed by atoms with E-state index in [1.54, 1.807) is 12.1 Å². The normalized spacial score (nSPS) is 35.5. The van der Waals surface area contributed by atoms with Crippen molar-refractivity contribution < 1.29 is 59.2 Å². The molecule has 1 aliphatic carbocycles. The number of benzene rings is 1. The second-order valence-electron chi connectivity index (χ2n) is 9.01. The van der Waals surface area contributed by atoms with E-state index in [1.807, 2.05) is 0 Å². The Bertz CT molecular complexity index is 1080. The molecule has 4 rings (SSSR count). The van der Waals surface area contributed by atoms with Gasteiger partial charge in [-0.2, -0.15) is 0 Å². The van der Waals surface area contributed by atoms with Crippen LogP contribution in [0.3, 0.4) is 0 Å². The zero-order valence-corrected chi connectivity index (χ0v) is 19.5. The first kappa shape index (κ1) is 26.8. The van der Waals surface area contributed by atoms with Gasteiger partial charge in [-0.05, 0) is 35.8 Å². The van der Waals surface area contributed by atoms with Gasteiger partial charge < -0.3 is 49.6 Å². The van der Waals surface area contributed by atoms with Crippen LogP contribution in [0.2, 0.25) is 0 Å². The molecule has 37 heavy (non-hydrogen) atoms. The monoisotopic (exact) mass is 520 g/mol. The number of hydrogen-bond donors (Lipinski definition) is 6. The molecule has 0 amide bonds. The minimum absolute atomic E-state index is 0.0459. The Labute approximate surface area is 211 Å². The molecule has 2 fully saturated rings. The molecule has 0 aromatic heterocycles. The van der Waals surface area contributed by atoms with E-state index in [4.69, 9.17) is 18.9 Å². The summed E-state index contributed by atoms with van der Waals surface area (Å²) in [4.78, 5) is 24.2. The second kappa shape index (κ2) is 11.0. The van der Waals surface area contributed by atoms with Crippen molar-refractivity contribution in [3.05, 3.63) is 59.9 Å². The van der Waals surface area contributed by atoms with Crippen LogP contribution >= 0.6 is 0 Å². The van der Waals surface area contributed by atoms with Crippen molar-refractivity contribution in [1.29, 1.82) is 0 Å². The van der Waals surface area contributed by atoms with Crippen LogP contribution < -0.4 is 0 Å². The van der Waals surface area contributed by atoms with Crippen LogP contribution in [0.1, 0.15) is 12.0 Å². The molecule has 0 unspecified atom stereocenters. The maximum absolute atomic E-state index is 12.5. The quantitative estimate of drug-likeness (QED) is 0.156. The van der Waals surface area contributed by atoms with Gasteiger partial charge in [-0.25, -0.2) is 9.59 Å². The predicted molar refractivity (Wildman–Crippen MR) is 123 cm³/mol. The van der Waals surface area contributed by atoms with Gasteiger partial charge in [0.25, 0.3) is 0 Å². The summed E-state index contributed by atoms with van der Waals surface area (Å²) >= 11 is 0. The van der Waals surface area contributed by atoms with Crippen LogP contribution in [0.15, 0.2) is 54.3 Å². The van der Waals surface area contributed by atoms with E-state index < -0.39 is 73.5 Å². The highest BCUT2D eigenvalue weighted by Crippen LogP contribution is 2.46. The molecule has 0 bridgehead atoms. The van der Waals surface area contributed by atoms with Gasteiger partial charge in [0.1, 0.15) is 24.1 Å². The number of rotatable bonds is 7. The highest BCUT2D eigenvalue weighted by atomic mass is 16.8. The Morgan fingerprint density at radius 2 is 1.81 bits per heavy atom. The number of aromatic hydroxyl groups is 1. The van der Waals surface area contributed by atoms with Gasteiger partial charge in [0.05, 0.1) is 30.5 Å². The van der Waals surface area contributed by atoms with Crippen LogP contribution in [0.5, 0.6) is 5.75 Å². The van der Waals surface area contributed by atoms with Crippen LogP contribution in [0.4, 0.5) is 0 Å². The van der Waals surface area contributed by atoms with Crippen molar-refractivity contribution in [3.8, 4) is 5.75 Å². The van der Waals surface area contributed by atoms with E-state index in [0.717, 1.165) is 12.3 Å². The fraction of sp³-hybridized carbons (Fsp3) is 0.440. The molecule has 12 nitrogen and oxygen atoms in total. The van der Waals surface area contributed by atoms with E-state index in [2.05, 4.69) is 6.58 Å². The summed E-state index contributed by atoms with van der Waals surface area (Å²) in [5, 5.41) is 59.7. The number of ether oxygens (including phenoxy) is 4. The molecule has 9 atom stereocenters. The van der Waals surface area contributed by atoms with E-state index in [9.17, 15) is 40.2 Å². The lowest BCUT2D eigenvalue weighted by molar-refractivity contribution is -0.340. The number of fused-ring (bicyclic) bond motifs is 1. The molecule has 2 aliphatic heterocycles. The van der Waals surface area contributed by atoms with Crippen LogP contribution in [0, 0.1) is 11.8 Å². The zero-order valence-electron chi connectivity index (χ0n) is 19.5. The number of carboxylic acid groups (broad SMARTS) is 1. The van der Waals surface area contributed by atoms with Gasteiger partial charge in [0.2, 0.25) is 12.6 Å². The number of carboxylic acids is 1. The van der Waals surface area contributed by atoms with E-state index in [0.29, 0.717) is 5.56 Å². The molecule has 1 saturated heterocycles. The number of carbonyl (C=O) groups excluding carboxylic acids is 1. The van der Waals surface area contributed by atoms with Crippen molar-refractivity contribution in [2.75, 3.05) is 6.61 Å². The predicted octanol–water partition coefficient (Wildman–Crippen LogP) is -0.349.